The molecule has 0 radical (unpaired) electrons. The van der Waals surface area contributed by atoms with Crippen LogP contribution in [0.15, 0.2) is 0 Å². The lowest BCUT2D eigenvalue weighted by atomic mass is 10.4. The van der Waals surface area contributed by atoms with Crippen LogP contribution in [0.1, 0.15) is 26.7 Å². The van der Waals surface area contributed by atoms with Crippen LogP contribution in [0, 0.1) is 0 Å². The molecule has 0 aromatic carbocycles. The van der Waals surface area contributed by atoms with Crippen LogP contribution >= 0.6 is 11.8 Å². The highest BCUT2D eigenvalue weighted by Gasteiger charge is 2.17. The van der Waals surface area contributed by atoms with Crippen molar-refractivity contribution >= 4 is 23.6 Å². The minimum Gasteiger partial charge on any atom is -0.479 e. The van der Waals surface area contributed by atoms with E-state index in [9.17, 15) is 9.59 Å². The summed E-state index contributed by atoms with van der Waals surface area (Å²) < 4.78 is 0. The fourth-order valence-corrected chi connectivity index (χ4v) is 1.79. The number of carbonyl (C=O) groups is 2. The van der Waals surface area contributed by atoms with Crippen molar-refractivity contribution in [1.29, 1.82) is 0 Å². The van der Waals surface area contributed by atoms with E-state index in [0.29, 0.717) is 0 Å². The first-order valence-electron chi connectivity index (χ1n) is 4.19. The lowest BCUT2D eigenvalue weighted by molar-refractivity contribution is -0.138. The third kappa shape index (κ3) is 6.45. The standard InChI is InChI=1S/C8H15NO3S/c1-3-4-5-13-7(8(11)12)9-6(2)10/h7H,3-5H2,1-2H3,(H,9,10)(H,11,12). The van der Waals surface area contributed by atoms with Gasteiger partial charge in [0.25, 0.3) is 0 Å². The maximum Gasteiger partial charge on any atom is 0.336 e. The van der Waals surface area contributed by atoms with E-state index in [1.54, 1.807) is 0 Å². The molecule has 1 amide bonds. The second-order valence-corrected chi connectivity index (χ2v) is 3.86. The SMILES string of the molecule is CCCCSC(NC(C)=O)C(=O)O. The number of carboxylic acid groups (broad SMARTS) is 1. The van der Waals surface area contributed by atoms with Gasteiger partial charge in [0.1, 0.15) is 0 Å². The number of nitrogens with one attached hydrogen (secondary N) is 1. The summed E-state index contributed by atoms with van der Waals surface area (Å²) in [5, 5.41) is 10.2. The Morgan fingerprint density at radius 3 is 2.54 bits per heavy atom. The fraction of sp³-hybridized carbons (Fsp3) is 0.750. The second kappa shape index (κ2) is 6.77. The average molecular weight is 205 g/mol. The Kier molecular flexibility index (Phi) is 6.40. The van der Waals surface area contributed by atoms with Crippen molar-refractivity contribution in [2.75, 3.05) is 5.75 Å². The van der Waals surface area contributed by atoms with Crippen molar-refractivity contribution in [3.63, 3.8) is 0 Å². The summed E-state index contributed by atoms with van der Waals surface area (Å²) in [5.74, 6) is -0.541. The number of amides is 1. The van der Waals surface area contributed by atoms with Crippen LogP contribution < -0.4 is 5.32 Å². The highest BCUT2D eigenvalue weighted by molar-refractivity contribution is 8.00. The predicted molar refractivity (Wildman–Crippen MR) is 52.6 cm³/mol. The number of unbranched alkanes of at least 4 members (excludes halogenated alkanes) is 1. The van der Waals surface area contributed by atoms with Gasteiger partial charge in [-0.05, 0) is 12.2 Å². The van der Waals surface area contributed by atoms with E-state index in [4.69, 9.17) is 5.11 Å². The van der Waals surface area contributed by atoms with Gasteiger partial charge in [-0.1, -0.05) is 13.3 Å². The molecule has 0 heterocycles. The first-order valence-corrected chi connectivity index (χ1v) is 5.24. The number of carboxylic acids is 1. The molecule has 0 saturated carbocycles. The van der Waals surface area contributed by atoms with Crippen molar-refractivity contribution in [3.8, 4) is 0 Å². The molecular weight excluding hydrogens is 190 g/mol. The van der Waals surface area contributed by atoms with Crippen molar-refractivity contribution in [1.82, 2.24) is 5.32 Å². The first kappa shape index (κ1) is 12.3. The van der Waals surface area contributed by atoms with E-state index in [1.807, 2.05) is 6.92 Å². The molecule has 0 spiro atoms. The molecule has 4 nitrogen and oxygen atoms in total. The zero-order valence-electron chi connectivity index (χ0n) is 7.87. The highest BCUT2D eigenvalue weighted by Crippen LogP contribution is 2.10. The van der Waals surface area contributed by atoms with Gasteiger partial charge in [0, 0.05) is 6.92 Å². The zero-order valence-corrected chi connectivity index (χ0v) is 8.69. The van der Waals surface area contributed by atoms with Crippen LogP contribution in [0.5, 0.6) is 0 Å². The molecule has 2 N–H and O–H groups in total. The number of thioether (sulfide) groups is 1. The van der Waals surface area contributed by atoms with Gasteiger partial charge in [-0.15, -0.1) is 11.8 Å². The van der Waals surface area contributed by atoms with Gasteiger partial charge in [-0.25, -0.2) is 4.79 Å². The summed E-state index contributed by atoms with van der Waals surface area (Å²) in [6.45, 7) is 3.35. The van der Waals surface area contributed by atoms with Gasteiger partial charge in [0.15, 0.2) is 5.37 Å². The predicted octanol–water partition coefficient (Wildman–Crippen LogP) is 1.07. The molecule has 0 aliphatic carbocycles. The Labute approximate surface area is 82.1 Å². The van der Waals surface area contributed by atoms with Crippen molar-refractivity contribution < 1.29 is 14.7 Å². The van der Waals surface area contributed by atoms with Crippen molar-refractivity contribution in [3.05, 3.63) is 0 Å². The number of hydrogen-bond acceptors (Lipinski definition) is 3. The Morgan fingerprint density at radius 1 is 1.54 bits per heavy atom. The molecule has 5 heteroatoms. The highest BCUT2D eigenvalue weighted by atomic mass is 32.2. The minimum absolute atomic E-state index is 0.309. The smallest absolute Gasteiger partial charge is 0.336 e. The number of aliphatic carboxylic acids is 1. The average Bonchev–Trinajstić information content (AvgIpc) is 2.02. The molecule has 0 saturated heterocycles. The Balaban J connectivity index is 3.81. The summed E-state index contributed by atoms with van der Waals surface area (Å²) in [7, 11) is 0. The largest absolute Gasteiger partial charge is 0.479 e. The Hall–Kier alpha value is -0.710. The molecule has 0 aromatic heterocycles. The van der Waals surface area contributed by atoms with E-state index in [1.165, 1.54) is 18.7 Å². The van der Waals surface area contributed by atoms with E-state index >= 15 is 0 Å². The van der Waals surface area contributed by atoms with Gasteiger partial charge in [-0.3, -0.25) is 4.79 Å². The normalized spacial score (nSPS) is 12.2. The van der Waals surface area contributed by atoms with Gasteiger partial charge in [0.05, 0.1) is 0 Å². The van der Waals surface area contributed by atoms with Crippen molar-refractivity contribution in [2.45, 2.75) is 32.1 Å². The van der Waals surface area contributed by atoms with E-state index in [2.05, 4.69) is 5.32 Å². The van der Waals surface area contributed by atoms with Crippen molar-refractivity contribution in [2.24, 2.45) is 0 Å². The van der Waals surface area contributed by atoms with E-state index in [-0.39, 0.29) is 5.91 Å². The Morgan fingerprint density at radius 2 is 2.15 bits per heavy atom. The van der Waals surface area contributed by atoms with Gasteiger partial charge in [0.2, 0.25) is 5.91 Å². The maximum absolute atomic E-state index is 10.6. The topological polar surface area (TPSA) is 66.4 Å². The quantitative estimate of drug-likeness (QED) is 0.503. The maximum atomic E-state index is 10.6. The molecule has 0 fully saturated rings. The fourth-order valence-electron chi connectivity index (χ4n) is 0.705. The van der Waals surface area contributed by atoms with Gasteiger partial charge in [-0.2, -0.15) is 0 Å². The molecule has 0 aliphatic rings. The first-order chi connectivity index (χ1) is 6.07. The number of hydrogen-bond donors (Lipinski definition) is 2. The monoisotopic (exact) mass is 205 g/mol. The summed E-state index contributed by atoms with van der Waals surface area (Å²) in [5.41, 5.74) is 0. The van der Waals surface area contributed by atoms with Gasteiger partial charge < -0.3 is 10.4 Å². The molecule has 0 rings (SSSR count). The summed E-state index contributed by atoms with van der Waals surface area (Å²) in [6.07, 6.45) is 1.99. The molecule has 0 aliphatic heterocycles. The van der Waals surface area contributed by atoms with Crippen LogP contribution in [-0.4, -0.2) is 28.1 Å². The zero-order chi connectivity index (χ0) is 10.3. The lowest BCUT2D eigenvalue weighted by Crippen LogP contribution is -2.37. The molecule has 76 valence electrons. The van der Waals surface area contributed by atoms with Crippen LogP contribution in [0.4, 0.5) is 0 Å². The molecular formula is C8H15NO3S. The second-order valence-electron chi connectivity index (χ2n) is 2.64. The minimum atomic E-state index is -0.990. The molecule has 0 aromatic rings. The third-order valence-electron chi connectivity index (χ3n) is 1.34. The van der Waals surface area contributed by atoms with Crippen LogP contribution in [0.3, 0.4) is 0 Å². The third-order valence-corrected chi connectivity index (χ3v) is 2.52. The molecule has 13 heavy (non-hydrogen) atoms. The molecule has 1 atom stereocenters. The summed E-state index contributed by atoms with van der Waals surface area (Å²) in [4.78, 5) is 21.2. The van der Waals surface area contributed by atoms with Crippen LogP contribution in [0.25, 0.3) is 0 Å². The lowest BCUT2D eigenvalue weighted by Gasteiger charge is -2.11. The summed E-state index contributed by atoms with van der Waals surface area (Å²) >= 11 is 1.25. The molecule has 0 bridgehead atoms. The Bertz CT molecular complexity index is 184. The van der Waals surface area contributed by atoms with Crippen LogP contribution in [-0.2, 0) is 9.59 Å². The van der Waals surface area contributed by atoms with E-state index < -0.39 is 11.3 Å². The van der Waals surface area contributed by atoms with Gasteiger partial charge >= 0.3 is 5.97 Å². The summed E-state index contributed by atoms with van der Waals surface area (Å²) in [6, 6.07) is 0. The molecule has 1 unspecified atom stereocenters. The van der Waals surface area contributed by atoms with E-state index in [0.717, 1.165) is 18.6 Å². The number of rotatable bonds is 6. The van der Waals surface area contributed by atoms with Crippen LogP contribution in [0.2, 0.25) is 0 Å². The number of carbonyl (C=O) groups excluding carboxylic acids is 1.